The standard InChI is InChI=1S/C20H16BrF3N6O/c21-11-7-27-19-16(15(11)28-14-9-2-1-8(5-9)13(14)17(25)31)29-18(30-19)10-3-4-12(26-6-10)20(22,23)24/h1-4,6-9,13-14H,5H2,(H2,25,31)(H2,27,28,29,30). The Morgan fingerprint density at radius 2 is 1.97 bits per heavy atom. The van der Waals surface area contributed by atoms with Crippen molar-refractivity contribution < 1.29 is 18.0 Å². The predicted octanol–water partition coefficient (Wildman–Crippen LogP) is 3.89. The van der Waals surface area contributed by atoms with Gasteiger partial charge >= 0.3 is 6.18 Å². The number of amides is 1. The molecule has 4 unspecified atom stereocenters. The minimum atomic E-state index is -4.51. The maximum Gasteiger partial charge on any atom is 0.433 e. The minimum absolute atomic E-state index is 0.117. The third-order valence-corrected chi connectivity index (χ3v) is 6.50. The van der Waals surface area contributed by atoms with Crippen LogP contribution in [0.5, 0.6) is 0 Å². The first-order valence-electron chi connectivity index (χ1n) is 9.54. The van der Waals surface area contributed by atoms with Gasteiger partial charge in [0, 0.05) is 24.0 Å². The molecule has 0 aliphatic heterocycles. The lowest BCUT2D eigenvalue weighted by Crippen LogP contribution is -2.41. The maximum absolute atomic E-state index is 12.8. The number of primary amides is 1. The second-order valence-corrected chi connectivity index (χ2v) is 8.60. The Bertz CT molecular complexity index is 1210. The topological polar surface area (TPSA) is 110 Å². The third kappa shape index (κ3) is 3.36. The number of pyridine rings is 2. The molecule has 2 aliphatic rings. The number of halogens is 4. The quantitative estimate of drug-likeness (QED) is 0.478. The summed E-state index contributed by atoms with van der Waals surface area (Å²) in [6.45, 7) is 0. The molecule has 160 valence electrons. The van der Waals surface area contributed by atoms with Crippen molar-refractivity contribution in [3.8, 4) is 11.4 Å². The molecule has 2 bridgehead atoms. The van der Waals surface area contributed by atoms with E-state index in [0.717, 1.165) is 18.7 Å². The molecule has 2 aliphatic carbocycles. The molecule has 3 aromatic heterocycles. The van der Waals surface area contributed by atoms with E-state index < -0.39 is 11.9 Å². The number of nitrogens with one attached hydrogen (secondary N) is 2. The zero-order chi connectivity index (χ0) is 21.9. The molecule has 0 spiro atoms. The predicted molar refractivity (Wildman–Crippen MR) is 111 cm³/mol. The molecule has 1 fully saturated rings. The van der Waals surface area contributed by atoms with Gasteiger partial charge in [0.1, 0.15) is 17.0 Å². The van der Waals surface area contributed by atoms with E-state index in [1.54, 1.807) is 6.20 Å². The van der Waals surface area contributed by atoms with Crippen LogP contribution in [0.2, 0.25) is 0 Å². The van der Waals surface area contributed by atoms with Crippen LogP contribution in [-0.2, 0) is 11.0 Å². The van der Waals surface area contributed by atoms with E-state index in [4.69, 9.17) is 5.73 Å². The molecule has 0 aromatic carbocycles. The maximum atomic E-state index is 12.8. The first-order chi connectivity index (χ1) is 14.7. The van der Waals surface area contributed by atoms with Crippen molar-refractivity contribution in [2.75, 3.05) is 5.32 Å². The molecule has 3 heterocycles. The Morgan fingerprint density at radius 1 is 1.19 bits per heavy atom. The molecule has 1 saturated carbocycles. The Labute approximate surface area is 182 Å². The van der Waals surface area contributed by atoms with Gasteiger partial charge in [0.05, 0.1) is 16.1 Å². The summed E-state index contributed by atoms with van der Waals surface area (Å²) >= 11 is 3.49. The first-order valence-corrected chi connectivity index (χ1v) is 10.3. The number of carbonyl (C=O) groups is 1. The van der Waals surface area contributed by atoms with E-state index in [-0.39, 0.29) is 29.7 Å². The highest BCUT2D eigenvalue weighted by Crippen LogP contribution is 2.46. The molecule has 11 heteroatoms. The number of nitrogens with two attached hydrogens (primary N) is 1. The van der Waals surface area contributed by atoms with Crippen LogP contribution in [-0.4, -0.2) is 31.9 Å². The third-order valence-electron chi connectivity index (χ3n) is 5.90. The van der Waals surface area contributed by atoms with Crippen molar-refractivity contribution >= 4 is 38.7 Å². The highest BCUT2D eigenvalue weighted by atomic mass is 79.9. The SMILES string of the molecule is NC(=O)C1C2C=CC(C2)C1Nc1c(Br)cnc2nc(-c3ccc(C(F)(F)F)nc3)[nH]c12. The lowest BCUT2D eigenvalue weighted by Gasteiger charge is -2.28. The highest BCUT2D eigenvalue weighted by molar-refractivity contribution is 9.10. The Balaban J connectivity index is 1.51. The van der Waals surface area contributed by atoms with Crippen LogP contribution in [0.4, 0.5) is 18.9 Å². The molecule has 0 saturated heterocycles. The number of hydrogen-bond acceptors (Lipinski definition) is 5. The summed E-state index contributed by atoms with van der Waals surface area (Å²) in [7, 11) is 0. The van der Waals surface area contributed by atoms with E-state index in [1.165, 1.54) is 6.07 Å². The fourth-order valence-corrected chi connectivity index (χ4v) is 4.90. The second kappa shape index (κ2) is 7.04. The summed E-state index contributed by atoms with van der Waals surface area (Å²) in [6.07, 6.45) is 3.20. The number of hydrogen-bond donors (Lipinski definition) is 3. The van der Waals surface area contributed by atoms with E-state index in [1.807, 2.05) is 6.08 Å². The first kappa shape index (κ1) is 20.0. The number of anilines is 1. The summed E-state index contributed by atoms with van der Waals surface area (Å²) in [5, 5.41) is 3.43. The lowest BCUT2D eigenvalue weighted by atomic mass is 9.88. The number of nitrogens with zero attached hydrogens (tertiary/aromatic N) is 3. The van der Waals surface area contributed by atoms with Crippen LogP contribution in [0, 0.1) is 17.8 Å². The van der Waals surface area contributed by atoms with Gasteiger partial charge in [-0.2, -0.15) is 13.2 Å². The molecule has 4 N–H and O–H groups in total. The number of allylic oxidation sites excluding steroid dienone is 1. The number of alkyl halides is 3. The van der Waals surface area contributed by atoms with Gasteiger partial charge < -0.3 is 16.0 Å². The van der Waals surface area contributed by atoms with Crippen LogP contribution < -0.4 is 11.1 Å². The summed E-state index contributed by atoms with van der Waals surface area (Å²) in [6, 6.07) is 2.04. The summed E-state index contributed by atoms with van der Waals surface area (Å²) < 4.78 is 39.0. The van der Waals surface area contributed by atoms with Gasteiger partial charge in [-0.25, -0.2) is 9.97 Å². The van der Waals surface area contributed by atoms with E-state index in [0.29, 0.717) is 32.7 Å². The lowest BCUT2D eigenvalue weighted by molar-refractivity contribution is -0.141. The highest BCUT2D eigenvalue weighted by Gasteiger charge is 2.47. The molecular weight excluding hydrogens is 477 g/mol. The van der Waals surface area contributed by atoms with Gasteiger partial charge in [-0.3, -0.25) is 9.78 Å². The number of aromatic amines is 1. The van der Waals surface area contributed by atoms with Gasteiger partial charge in [0.2, 0.25) is 5.91 Å². The van der Waals surface area contributed by atoms with Crippen LogP contribution in [0.15, 0.2) is 41.2 Å². The molecule has 7 nitrogen and oxygen atoms in total. The smallest absolute Gasteiger partial charge is 0.378 e. The molecule has 0 radical (unpaired) electrons. The number of rotatable bonds is 4. The van der Waals surface area contributed by atoms with E-state index >= 15 is 0 Å². The van der Waals surface area contributed by atoms with Gasteiger partial charge in [0.25, 0.3) is 0 Å². The normalized spacial score (nSPS) is 24.8. The number of H-pyrrole nitrogens is 1. The fraction of sp³-hybridized carbons (Fsp3) is 0.300. The summed E-state index contributed by atoms with van der Waals surface area (Å²) in [4.78, 5) is 27.3. The number of imidazole rings is 1. The Kier molecular flexibility index (Phi) is 4.54. The average Bonchev–Trinajstić information content (AvgIpc) is 3.43. The van der Waals surface area contributed by atoms with Crippen molar-refractivity contribution in [3.63, 3.8) is 0 Å². The number of carbonyl (C=O) groups excluding carboxylic acids is 1. The fourth-order valence-electron chi connectivity index (χ4n) is 4.49. The minimum Gasteiger partial charge on any atom is -0.378 e. The van der Waals surface area contributed by atoms with Gasteiger partial charge in [-0.1, -0.05) is 12.2 Å². The van der Waals surface area contributed by atoms with Gasteiger partial charge in [0.15, 0.2) is 5.65 Å². The monoisotopic (exact) mass is 492 g/mol. The van der Waals surface area contributed by atoms with Crippen molar-refractivity contribution in [3.05, 3.63) is 46.8 Å². The van der Waals surface area contributed by atoms with Crippen LogP contribution in [0.3, 0.4) is 0 Å². The second-order valence-electron chi connectivity index (χ2n) is 7.74. The summed E-state index contributed by atoms with van der Waals surface area (Å²) in [5.74, 6) is -0.0431. The molecule has 4 atom stereocenters. The van der Waals surface area contributed by atoms with Crippen molar-refractivity contribution in [1.29, 1.82) is 0 Å². The van der Waals surface area contributed by atoms with Crippen molar-refractivity contribution in [1.82, 2.24) is 19.9 Å². The zero-order valence-electron chi connectivity index (χ0n) is 15.8. The van der Waals surface area contributed by atoms with Crippen molar-refractivity contribution in [2.45, 2.75) is 18.6 Å². The van der Waals surface area contributed by atoms with E-state index in [9.17, 15) is 18.0 Å². The number of fused-ring (bicyclic) bond motifs is 3. The largest absolute Gasteiger partial charge is 0.433 e. The molecule has 5 rings (SSSR count). The molecule has 3 aromatic rings. The van der Waals surface area contributed by atoms with Crippen LogP contribution in [0.1, 0.15) is 12.1 Å². The zero-order valence-corrected chi connectivity index (χ0v) is 17.4. The number of aromatic nitrogens is 4. The van der Waals surface area contributed by atoms with Gasteiger partial charge in [-0.05, 0) is 46.3 Å². The average molecular weight is 493 g/mol. The Morgan fingerprint density at radius 3 is 2.65 bits per heavy atom. The van der Waals surface area contributed by atoms with Crippen LogP contribution >= 0.6 is 15.9 Å². The summed E-state index contributed by atoms with van der Waals surface area (Å²) in [5.41, 5.74) is 6.70. The van der Waals surface area contributed by atoms with Crippen LogP contribution in [0.25, 0.3) is 22.6 Å². The van der Waals surface area contributed by atoms with Gasteiger partial charge in [-0.15, -0.1) is 0 Å². The molecule has 1 amide bonds. The van der Waals surface area contributed by atoms with Crippen molar-refractivity contribution in [2.24, 2.45) is 23.5 Å². The Hall–Kier alpha value is -2.95. The molecule has 31 heavy (non-hydrogen) atoms. The molecular formula is C20H16BrF3N6O. The van der Waals surface area contributed by atoms with E-state index in [2.05, 4.69) is 47.3 Å².